The summed E-state index contributed by atoms with van der Waals surface area (Å²) in [7, 11) is 1.59. The molecule has 1 N–H and O–H groups in total. The number of H-pyrrole nitrogens is 1. The highest BCUT2D eigenvalue weighted by atomic mass is 35.5. The summed E-state index contributed by atoms with van der Waals surface area (Å²) in [6.07, 6.45) is 0. The Labute approximate surface area is 113 Å². The number of rotatable bonds is 4. The van der Waals surface area contributed by atoms with Gasteiger partial charge in [-0.05, 0) is 24.4 Å². The van der Waals surface area contributed by atoms with Crippen molar-refractivity contribution >= 4 is 23.8 Å². The largest absolute Gasteiger partial charge is 0.383 e. The summed E-state index contributed by atoms with van der Waals surface area (Å²) in [6, 6.07) is 4.76. The molecule has 0 aliphatic carbocycles. The van der Waals surface area contributed by atoms with Gasteiger partial charge in [-0.25, -0.2) is 4.39 Å². The fourth-order valence-electron chi connectivity index (χ4n) is 1.59. The van der Waals surface area contributed by atoms with Gasteiger partial charge in [0.2, 0.25) is 0 Å². The van der Waals surface area contributed by atoms with E-state index < -0.39 is 5.82 Å². The quantitative estimate of drug-likeness (QED) is 0.879. The lowest BCUT2D eigenvalue weighted by Gasteiger charge is -2.07. The molecule has 0 saturated heterocycles. The molecule has 0 amide bonds. The van der Waals surface area contributed by atoms with Crippen molar-refractivity contribution < 1.29 is 9.13 Å². The Balaban J connectivity index is 2.51. The maximum atomic E-state index is 13.9. The molecule has 1 aromatic carbocycles. The van der Waals surface area contributed by atoms with Crippen LogP contribution in [0.15, 0.2) is 18.2 Å². The molecule has 0 radical (unpaired) electrons. The van der Waals surface area contributed by atoms with Crippen LogP contribution < -0.4 is 0 Å². The van der Waals surface area contributed by atoms with Crippen LogP contribution in [0, 0.1) is 10.6 Å². The van der Waals surface area contributed by atoms with Gasteiger partial charge in [-0.3, -0.25) is 9.67 Å². The molecule has 2 rings (SSSR count). The number of hydrogen-bond acceptors (Lipinski definition) is 3. The van der Waals surface area contributed by atoms with Gasteiger partial charge >= 0.3 is 0 Å². The second-order valence-electron chi connectivity index (χ2n) is 3.60. The number of halogens is 2. The van der Waals surface area contributed by atoms with Crippen molar-refractivity contribution in [2.24, 2.45) is 0 Å². The van der Waals surface area contributed by atoms with Crippen LogP contribution in [0.1, 0.15) is 0 Å². The molecule has 4 nitrogen and oxygen atoms in total. The molecule has 7 heteroatoms. The van der Waals surface area contributed by atoms with Crippen molar-refractivity contribution in [2.75, 3.05) is 13.7 Å². The standard InChI is InChI=1S/C11H11ClFN3OS/c1-17-6-5-16-10(14-15-11(16)18)7-3-2-4-8(12)9(7)13/h2-4H,5-6H2,1H3,(H,15,18). The number of nitrogens with one attached hydrogen (secondary N) is 1. The molecular formula is C11H11ClFN3OS. The molecule has 1 aromatic heterocycles. The molecule has 96 valence electrons. The normalized spacial score (nSPS) is 10.8. The molecule has 1 heterocycles. The minimum Gasteiger partial charge on any atom is -0.383 e. The van der Waals surface area contributed by atoms with Gasteiger partial charge in [-0.15, -0.1) is 0 Å². The zero-order chi connectivity index (χ0) is 13.1. The first-order chi connectivity index (χ1) is 8.65. The Morgan fingerprint density at radius 1 is 1.56 bits per heavy atom. The highest BCUT2D eigenvalue weighted by molar-refractivity contribution is 7.71. The number of aromatic nitrogens is 3. The fourth-order valence-corrected chi connectivity index (χ4v) is 1.99. The van der Waals surface area contributed by atoms with E-state index in [2.05, 4.69) is 10.2 Å². The monoisotopic (exact) mass is 287 g/mol. The third-order valence-electron chi connectivity index (χ3n) is 2.47. The van der Waals surface area contributed by atoms with Crippen LogP contribution in [0.4, 0.5) is 4.39 Å². The molecule has 0 aliphatic rings. The van der Waals surface area contributed by atoms with Crippen LogP contribution in [-0.4, -0.2) is 28.5 Å². The number of methoxy groups -OCH3 is 1. The molecule has 18 heavy (non-hydrogen) atoms. The van der Waals surface area contributed by atoms with Crippen molar-refractivity contribution in [3.63, 3.8) is 0 Å². The predicted molar refractivity (Wildman–Crippen MR) is 69.7 cm³/mol. The number of benzene rings is 1. The predicted octanol–water partition coefficient (Wildman–Crippen LogP) is 3.05. The van der Waals surface area contributed by atoms with Crippen molar-refractivity contribution in [3.8, 4) is 11.4 Å². The van der Waals surface area contributed by atoms with E-state index in [9.17, 15) is 4.39 Å². The molecular weight excluding hydrogens is 277 g/mol. The summed E-state index contributed by atoms with van der Waals surface area (Å²) >= 11 is 10.9. The Morgan fingerprint density at radius 3 is 3.06 bits per heavy atom. The van der Waals surface area contributed by atoms with Gasteiger partial charge < -0.3 is 4.74 Å². The van der Waals surface area contributed by atoms with Gasteiger partial charge in [0.25, 0.3) is 0 Å². The number of nitrogens with zero attached hydrogens (tertiary/aromatic N) is 2. The van der Waals surface area contributed by atoms with Crippen molar-refractivity contribution in [1.29, 1.82) is 0 Å². The van der Waals surface area contributed by atoms with E-state index in [4.69, 9.17) is 28.6 Å². The second kappa shape index (κ2) is 5.60. The topological polar surface area (TPSA) is 42.8 Å². The SMILES string of the molecule is COCCn1c(-c2cccc(Cl)c2F)n[nH]c1=S. The molecule has 0 atom stereocenters. The van der Waals surface area contributed by atoms with Gasteiger partial charge in [0, 0.05) is 7.11 Å². The first-order valence-electron chi connectivity index (χ1n) is 5.23. The molecule has 0 saturated carbocycles. The Hall–Kier alpha value is -1.24. The zero-order valence-electron chi connectivity index (χ0n) is 9.61. The van der Waals surface area contributed by atoms with E-state index in [-0.39, 0.29) is 5.02 Å². The van der Waals surface area contributed by atoms with Crippen molar-refractivity contribution in [3.05, 3.63) is 33.8 Å². The lowest BCUT2D eigenvalue weighted by atomic mass is 10.2. The Kier molecular flexibility index (Phi) is 4.11. The summed E-state index contributed by atoms with van der Waals surface area (Å²) in [6.45, 7) is 0.955. The zero-order valence-corrected chi connectivity index (χ0v) is 11.2. The van der Waals surface area contributed by atoms with E-state index in [1.807, 2.05) is 0 Å². The van der Waals surface area contributed by atoms with E-state index in [0.717, 1.165) is 0 Å². The van der Waals surface area contributed by atoms with Crippen LogP contribution in [0.2, 0.25) is 5.02 Å². The van der Waals surface area contributed by atoms with Crippen LogP contribution >= 0.6 is 23.8 Å². The van der Waals surface area contributed by atoms with E-state index in [1.54, 1.807) is 23.8 Å². The maximum Gasteiger partial charge on any atom is 0.195 e. The summed E-state index contributed by atoms with van der Waals surface area (Å²) < 4.78 is 21.0. The highest BCUT2D eigenvalue weighted by Gasteiger charge is 2.14. The van der Waals surface area contributed by atoms with Gasteiger partial charge in [0.1, 0.15) is 0 Å². The maximum absolute atomic E-state index is 13.9. The van der Waals surface area contributed by atoms with E-state index in [0.29, 0.717) is 29.3 Å². The average molecular weight is 288 g/mol. The van der Waals surface area contributed by atoms with Crippen LogP contribution in [-0.2, 0) is 11.3 Å². The number of hydrogen-bond donors (Lipinski definition) is 1. The van der Waals surface area contributed by atoms with Crippen molar-refractivity contribution in [1.82, 2.24) is 14.8 Å². The third kappa shape index (κ3) is 2.45. The smallest absolute Gasteiger partial charge is 0.195 e. The summed E-state index contributed by atoms with van der Waals surface area (Å²) in [5, 5.41) is 6.73. The highest BCUT2D eigenvalue weighted by Crippen LogP contribution is 2.26. The van der Waals surface area contributed by atoms with Gasteiger partial charge in [-0.1, -0.05) is 17.7 Å². The van der Waals surface area contributed by atoms with Crippen LogP contribution in [0.5, 0.6) is 0 Å². The number of aromatic amines is 1. The third-order valence-corrected chi connectivity index (χ3v) is 3.07. The van der Waals surface area contributed by atoms with Crippen molar-refractivity contribution in [2.45, 2.75) is 6.54 Å². The molecule has 0 aliphatic heterocycles. The Bertz CT molecular complexity index is 611. The summed E-state index contributed by atoms with van der Waals surface area (Å²) in [4.78, 5) is 0. The number of ether oxygens (including phenoxy) is 1. The van der Waals surface area contributed by atoms with E-state index in [1.165, 1.54) is 6.07 Å². The molecule has 0 unspecified atom stereocenters. The minimum atomic E-state index is -0.508. The molecule has 0 bridgehead atoms. The van der Waals surface area contributed by atoms with Gasteiger partial charge in [0.15, 0.2) is 16.4 Å². The fraction of sp³-hybridized carbons (Fsp3) is 0.273. The van der Waals surface area contributed by atoms with Crippen LogP contribution in [0.25, 0.3) is 11.4 Å². The average Bonchev–Trinajstić information content (AvgIpc) is 2.72. The van der Waals surface area contributed by atoms with Crippen LogP contribution in [0.3, 0.4) is 0 Å². The molecule has 2 aromatic rings. The Morgan fingerprint density at radius 2 is 2.33 bits per heavy atom. The molecule has 0 fully saturated rings. The summed E-state index contributed by atoms with van der Waals surface area (Å²) in [5.41, 5.74) is 0.311. The van der Waals surface area contributed by atoms with Gasteiger partial charge in [-0.2, -0.15) is 5.10 Å². The lowest BCUT2D eigenvalue weighted by Crippen LogP contribution is -2.06. The first kappa shape index (κ1) is 13.2. The second-order valence-corrected chi connectivity index (χ2v) is 4.39. The first-order valence-corrected chi connectivity index (χ1v) is 6.02. The minimum absolute atomic E-state index is 0.0553. The lowest BCUT2D eigenvalue weighted by molar-refractivity contribution is 0.187. The van der Waals surface area contributed by atoms with E-state index >= 15 is 0 Å². The molecule has 0 spiro atoms. The van der Waals surface area contributed by atoms with Gasteiger partial charge in [0.05, 0.1) is 23.7 Å². The summed E-state index contributed by atoms with van der Waals surface area (Å²) in [5.74, 6) is -0.0936.